The summed E-state index contributed by atoms with van der Waals surface area (Å²) in [4.78, 5) is 52.5. The van der Waals surface area contributed by atoms with Crippen molar-refractivity contribution in [2.75, 3.05) is 9.80 Å². The molecule has 224 valence electrons. The van der Waals surface area contributed by atoms with Crippen LogP contribution in [-0.2, 0) is 14.4 Å². The number of hydrogen-bond donors (Lipinski definition) is 1. The van der Waals surface area contributed by atoms with Gasteiger partial charge in [0, 0.05) is 53.8 Å². The summed E-state index contributed by atoms with van der Waals surface area (Å²) in [6.45, 7) is 0. The number of alkyl halides is 2. The molecule has 9 nitrogen and oxygen atoms in total. The summed E-state index contributed by atoms with van der Waals surface area (Å²) in [5, 5.41) is 2.97. The van der Waals surface area contributed by atoms with E-state index < -0.39 is 48.7 Å². The van der Waals surface area contributed by atoms with Gasteiger partial charge in [0.05, 0.1) is 6.10 Å². The minimum absolute atomic E-state index is 0.0328. The van der Waals surface area contributed by atoms with Crippen LogP contribution in [0.1, 0.15) is 50.1 Å². The highest BCUT2D eigenvalue weighted by atomic mass is 35.5. The molecule has 3 fully saturated rings. The maximum absolute atomic E-state index is 14.7. The lowest BCUT2D eigenvalue weighted by Crippen LogP contribution is -2.56. The van der Waals surface area contributed by atoms with E-state index in [4.69, 9.17) is 27.9 Å². The van der Waals surface area contributed by atoms with E-state index in [1.807, 2.05) is 0 Å². The fourth-order valence-electron chi connectivity index (χ4n) is 5.40. The van der Waals surface area contributed by atoms with E-state index >= 15 is 0 Å². The van der Waals surface area contributed by atoms with Gasteiger partial charge in [0.25, 0.3) is 11.8 Å². The van der Waals surface area contributed by atoms with Crippen LogP contribution in [0.3, 0.4) is 0 Å². The maximum atomic E-state index is 14.7. The SMILES string of the molecule is O=C(NC1CC(F)(F)C1)C(c1ccccc1Cl)N(C(=O)[C@@H]1CCC(=O)N1c1nccc(Cl)n1)c1cccc(OC2CC2)c1. The average Bonchev–Trinajstić information content (AvgIpc) is 3.68. The monoisotopic (exact) mass is 629 g/mol. The lowest BCUT2D eigenvalue weighted by molar-refractivity contribution is -0.133. The van der Waals surface area contributed by atoms with E-state index in [0.717, 1.165) is 12.8 Å². The van der Waals surface area contributed by atoms with Gasteiger partial charge in [-0.1, -0.05) is 47.5 Å². The first-order chi connectivity index (χ1) is 20.6. The van der Waals surface area contributed by atoms with Crippen LogP contribution in [-0.4, -0.2) is 51.8 Å². The van der Waals surface area contributed by atoms with Crippen LogP contribution in [0.25, 0.3) is 0 Å². The highest BCUT2D eigenvalue weighted by molar-refractivity contribution is 6.32. The molecule has 2 aliphatic carbocycles. The Labute approximate surface area is 256 Å². The second-order valence-corrected chi connectivity index (χ2v) is 11.7. The standard InChI is InChI=1S/C30H27Cl2F2N5O4/c31-22-7-2-1-6-21(22)26(27(41)36-17-15-30(33,34)16-17)38(18-4-3-5-20(14-18)43-19-8-9-19)28(42)23-10-11-25(40)39(23)29-35-13-12-24(32)37-29/h1-7,12-14,17,19,23,26H,8-11,15-16H2,(H,36,41)/t23-,26?/m0/s1. The van der Waals surface area contributed by atoms with Crippen LogP contribution in [0.5, 0.6) is 5.75 Å². The van der Waals surface area contributed by atoms with Crippen molar-refractivity contribution in [2.45, 2.75) is 68.7 Å². The highest BCUT2D eigenvalue weighted by Crippen LogP contribution is 2.40. The molecule has 2 aromatic carbocycles. The predicted molar refractivity (Wildman–Crippen MR) is 155 cm³/mol. The second kappa shape index (κ2) is 11.7. The van der Waals surface area contributed by atoms with Crippen LogP contribution in [0, 0.1) is 0 Å². The number of aromatic nitrogens is 2. The van der Waals surface area contributed by atoms with Crippen LogP contribution < -0.4 is 19.9 Å². The molecule has 3 amide bonds. The lowest BCUT2D eigenvalue weighted by atomic mass is 9.87. The number of ether oxygens (including phenoxy) is 1. The molecule has 13 heteroatoms. The largest absolute Gasteiger partial charge is 0.490 e. The van der Waals surface area contributed by atoms with E-state index in [1.165, 1.54) is 22.1 Å². The van der Waals surface area contributed by atoms with Crippen molar-refractivity contribution in [1.82, 2.24) is 15.3 Å². The third kappa shape index (κ3) is 6.28. The number of carbonyl (C=O) groups excluding carboxylic acids is 3. The van der Waals surface area contributed by atoms with Gasteiger partial charge in [-0.25, -0.2) is 18.7 Å². The molecule has 1 aromatic heterocycles. The number of benzene rings is 2. The molecule has 0 radical (unpaired) electrons. The van der Waals surface area contributed by atoms with Gasteiger partial charge in [0.15, 0.2) is 0 Å². The van der Waals surface area contributed by atoms with E-state index in [-0.39, 0.29) is 46.5 Å². The van der Waals surface area contributed by atoms with Crippen molar-refractivity contribution < 1.29 is 27.9 Å². The van der Waals surface area contributed by atoms with E-state index in [0.29, 0.717) is 11.4 Å². The molecule has 1 N–H and O–H groups in total. The smallest absolute Gasteiger partial charge is 0.252 e. The van der Waals surface area contributed by atoms with Gasteiger partial charge in [0.2, 0.25) is 17.8 Å². The minimum atomic E-state index is -2.87. The van der Waals surface area contributed by atoms with Crippen molar-refractivity contribution in [3.05, 3.63) is 76.5 Å². The number of nitrogens with one attached hydrogen (secondary N) is 1. The number of rotatable bonds is 9. The summed E-state index contributed by atoms with van der Waals surface area (Å²) in [7, 11) is 0. The van der Waals surface area contributed by atoms with Gasteiger partial charge in [-0.2, -0.15) is 0 Å². The predicted octanol–water partition coefficient (Wildman–Crippen LogP) is 5.51. The molecule has 1 aliphatic heterocycles. The average molecular weight is 630 g/mol. The van der Waals surface area contributed by atoms with Gasteiger partial charge in [-0.15, -0.1) is 0 Å². The number of hydrogen-bond acceptors (Lipinski definition) is 6. The Morgan fingerprint density at radius 2 is 1.84 bits per heavy atom. The van der Waals surface area contributed by atoms with Crippen molar-refractivity contribution >= 4 is 52.6 Å². The number of nitrogens with zero attached hydrogens (tertiary/aromatic N) is 4. The normalized spacial score (nSPS) is 20.3. The zero-order valence-electron chi connectivity index (χ0n) is 22.8. The van der Waals surface area contributed by atoms with Crippen molar-refractivity contribution in [3.8, 4) is 5.75 Å². The zero-order valence-corrected chi connectivity index (χ0v) is 24.3. The molecule has 6 rings (SSSR count). The van der Waals surface area contributed by atoms with Crippen LogP contribution >= 0.6 is 23.2 Å². The van der Waals surface area contributed by atoms with Crippen molar-refractivity contribution in [3.63, 3.8) is 0 Å². The molecule has 1 unspecified atom stereocenters. The molecular weight excluding hydrogens is 603 g/mol. The Morgan fingerprint density at radius 3 is 2.53 bits per heavy atom. The first-order valence-electron chi connectivity index (χ1n) is 13.9. The Bertz CT molecular complexity index is 1560. The summed E-state index contributed by atoms with van der Waals surface area (Å²) >= 11 is 12.7. The first kappa shape index (κ1) is 29.3. The summed E-state index contributed by atoms with van der Waals surface area (Å²) in [5.74, 6) is -4.12. The van der Waals surface area contributed by atoms with Gasteiger partial charge in [-0.05, 0) is 43.5 Å². The Hall–Kier alpha value is -3.83. The second-order valence-electron chi connectivity index (χ2n) is 10.9. The lowest BCUT2D eigenvalue weighted by Gasteiger charge is -2.39. The molecule has 0 bridgehead atoms. The van der Waals surface area contributed by atoms with Crippen LogP contribution in [0.15, 0.2) is 60.8 Å². The third-order valence-corrected chi connectivity index (χ3v) is 8.18. The molecule has 3 aromatic rings. The number of carbonyl (C=O) groups is 3. The topological polar surface area (TPSA) is 105 Å². The van der Waals surface area contributed by atoms with E-state index in [9.17, 15) is 23.2 Å². The Balaban J connectivity index is 1.44. The number of halogens is 4. The van der Waals surface area contributed by atoms with E-state index in [2.05, 4.69) is 15.3 Å². The summed E-state index contributed by atoms with van der Waals surface area (Å²) < 4.78 is 33.4. The molecule has 1 saturated heterocycles. The van der Waals surface area contributed by atoms with Gasteiger partial charge in [0.1, 0.15) is 23.0 Å². The van der Waals surface area contributed by atoms with Crippen LogP contribution in [0.4, 0.5) is 20.4 Å². The van der Waals surface area contributed by atoms with Crippen molar-refractivity contribution in [1.29, 1.82) is 0 Å². The molecule has 3 aliphatic rings. The molecular formula is C30H27Cl2F2N5O4. The molecule has 2 heterocycles. The first-order valence-corrected chi connectivity index (χ1v) is 14.7. The van der Waals surface area contributed by atoms with Gasteiger partial charge in [-0.3, -0.25) is 24.2 Å². The van der Waals surface area contributed by atoms with Gasteiger partial charge >= 0.3 is 0 Å². The third-order valence-electron chi connectivity index (χ3n) is 7.62. The van der Waals surface area contributed by atoms with Crippen LogP contribution in [0.2, 0.25) is 10.2 Å². The molecule has 43 heavy (non-hydrogen) atoms. The summed E-state index contributed by atoms with van der Waals surface area (Å²) in [5.41, 5.74) is 0.581. The molecule has 0 spiro atoms. The highest BCUT2D eigenvalue weighted by Gasteiger charge is 2.49. The Kier molecular flexibility index (Phi) is 7.95. The number of amides is 3. The molecule has 2 saturated carbocycles. The van der Waals surface area contributed by atoms with Gasteiger partial charge < -0.3 is 10.1 Å². The number of anilines is 2. The summed E-state index contributed by atoms with van der Waals surface area (Å²) in [6, 6.07) is 11.5. The Morgan fingerprint density at radius 1 is 1.07 bits per heavy atom. The fourth-order valence-corrected chi connectivity index (χ4v) is 5.77. The zero-order chi connectivity index (χ0) is 30.3. The molecule has 2 atom stereocenters. The quantitative estimate of drug-likeness (QED) is 0.313. The fraction of sp³-hybridized carbons (Fsp3) is 0.367. The maximum Gasteiger partial charge on any atom is 0.252 e. The van der Waals surface area contributed by atoms with E-state index in [1.54, 1.807) is 48.5 Å². The van der Waals surface area contributed by atoms with Crippen molar-refractivity contribution in [2.24, 2.45) is 0 Å². The summed E-state index contributed by atoms with van der Waals surface area (Å²) in [6.07, 6.45) is 2.38. The minimum Gasteiger partial charge on any atom is -0.490 e.